The van der Waals surface area contributed by atoms with Gasteiger partial charge in [-0.05, 0) is 30.3 Å². The monoisotopic (exact) mass is 397 g/mol. The third kappa shape index (κ3) is 3.38. The molecule has 0 fully saturated rings. The molecular weight excluding hydrogens is 382 g/mol. The number of hydrogen-bond donors (Lipinski definition) is 0. The van der Waals surface area contributed by atoms with E-state index in [9.17, 15) is 4.79 Å². The van der Waals surface area contributed by atoms with Crippen molar-refractivity contribution in [1.82, 2.24) is 14.5 Å². The Hall–Kier alpha value is -2.57. The average molecular weight is 398 g/mol. The predicted octanol–water partition coefficient (Wildman–Crippen LogP) is 4.44. The van der Waals surface area contributed by atoms with E-state index in [0.29, 0.717) is 27.0 Å². The zero-order valence-electron chi connectivity index (χ0n) is 14.8. The summed E-state index contributed by atoms with van der Waals surface area (Å²) in [4.78, 5) is 21.6. The highest BCUT2D eigenvalue weighted by Gasteiger charge is 2.11. The Morgan fingerprint density at radius 2 is 1.93 bits per heavy atom. The van der Waals surface area contributed by atoms with Crippen molar-refractivity contribution in [3.05, 3.63) is 69.6 Å². The van der Waals surface area contributed by atoms with Crippen LogP contribution in [0.2, 0.25) is 5.15 Å². The van der Waals surface area contributed by atoms with Gasteiger partial charge in [-0.15, -0.1) is 0 Å². The third-order valence-corrected chi connectivity index (χ3v) is 5.76. The summed E-state index contributed by atoms with van der Waals surface area (Å²) in [6, 6.07) is 15.1. The molecule has 2 aromatic heterocycles. The first-order valence-electron chi connectivity index (χ1n) is 8.28. The van der Waals surface area contributed by atoms with E-state index in [1.54, 1.807) is 24.8 Å². The van der Waals surface area contributed by atoms with Crippen molar-refractivity contribution >= 4 is 45.2 Å². The molecular formula is C20H16ClN3O2S. The first-order chi connectivity index (χ1) is 13.1. The number of fused-ring (bicyclic) bond motifs is 2. The lowest BCUT2D eigenvalue weighted by Crippen LogP contribution is -2.19. The van der Waals surface area contributed by atoms with Crippen LogP contribution in [0.15, 0.2) is 58.5 Å². The van der Waals surface area contributed by atoms with Crippen molar-refractivity contribution in [2.45, 2.75) is 10.9 Å². The molecule has 4 rings (SSSR count). The highest BCUT2D eigenvalue weighted by atomic mass is 35.5. The van der Waals surface area contributed by atoms with E-state index in [1.807, 2.05) is 42.5 Å². The molecule has 0 atom stereocenters. The molecule has 0 aliphatic heterocycles. The molecule has 0 aliphatic rings. The van der Waals surface area contributed by atoms with Gasteiger partial charge >= 0.3 is 0 Å². The quantitative estimate of drug-likeness (QED) is 0.289. The molecule has 2 heterocycles. The molecule has 2 aromatic carbocycles. The van der Waals surface area contributed by atoms with E-state index in [0.717, 1.165) is 22.2 Å². The summed E-state index contributed by atoms with van der Waals surface area (Å²) in [5, 5.41) is 2.68. The second-order valence-electron chi connectivity index (χ2n) is 6.06. The van der Waals surface area contributed by atoms with Crippen molar-refractivity contribution in [3.8, 4) is 5.75 Å². The van der Waals surface area contributed by atoms with Gasteiger partial charge in [0.25, 0.3) is 5.56 Å². The van der Waals surface area contributed by atoms with E-state index in [4.69, 9.17) is 16.3 Å². The topological polar surface area (TPSA) is 57.0 Å². The molecule has 5 nitrogen and oxygen atoms in total. The summed E-state index contributed by atoms with van der Waals surface area (Å²) in [6.07, 6.45) is 0. The number of nitrogens with zero attached hydrogens (tertiary/aromatic N) is 3. The van der Waals surface area contributed by atoms with Gasteiger partial charge in [0.15, 0.2) is 5.16 Å². The zero-order valence-corrected chi connectivity index (χ0v) is 16.3. The predicted molar refractivity (Wildman–Crippen MR) is 110 cm³/mol. The fourth-order valence-corrected chi connectivity index (χ4v) is 4.10. The number of hydrogen-bond acceptors (Lipinski definition) is 5. The van der Waals surface area contributed by atoms with Crippen molar-refractivity contribution in [3.63, 3.8) is 0 Å². The molecule has 0 radical (unpaired) electrons. The minimum absolute atomic E-state index is 0.0575. The van der Waals surface area contributed by atoms with Gasteiger partial charge in [-0.2, -0.15) is 0 Å². The molecule has 0 saturated heterocycles. The van der Waals surface area contributed by atoms with Crippen LogP contribution < -0.4 is 10.3 Å². The van der Waals surface area contributed by atoms with Gasteiger partial charge in [0.05, 0.1) is 23.5 Å². The molecule has 0 unspecified atom stereocenters. The SMILES string of the molecule is COc1ccc2cc(CSc3nc4ccccc4c(=O)n3C)c(Cl)nc2c1. The Balaban J connectivity index is 1.67. The summed E-state index contributed by atoms with van der Waals surface area (Å²) in [5.74, 6) is 1.30. The van der Waals surface area contributed by atoms with Gasteiger partial charge in [0.1, 0.15) is 10.9 Å². The summed E-state index contributed by atoms with van der Waals surface area (Å²) in [6.45, 7) is 0. The van der Waals surface area contributed by atoms with Gasteiger partial charge in [0.2, 0.25) is 0 Å². The first-order valence-corrected chi connectivity index (χ1v) is 9.65. The van der Waals surface area contributed by atoms with Crippen molar-refractivity contribution < 1.29 is 4.74 Å². The fourth-order valence-electron chi connectivity index (χ4n) is 2.86. The minimum atomic E-state index is -0.0575. The summed E-state index contributed by atoms with van der Waals surface area (Å²) in [7, 11) is 3.35. The van der Waals surface area contributed by atoms with Crippen LogP contribution in [0.4, 0.5) is 0 Å². The van der Waals surface area contributed by atoms with E-state index >= 15 is 0 Å². The van der Waals surface area contributed by atoms with Gasteiger partial charge < -0.3 is 4.74 Å². The molecule has 0 saturated carbocycles. The fraction of sp³-hybridized carbons (Fsp3) is 0.150. The normalized spacial score (nSPS) is 11.2. The van der Waals surface area contributed by atoms with Gasteiger partial charge in [-0.25, -0.2) is 9.97 Å². The smallest absolute Gasteiger partial charge is 0.261 e. The minimum Gasteiger partial charge on any atom is -0.497 e. The van der Waals surface area contributed by atoms with Crippen LogP contribution in [0, 0.1) is 0 Å². The maximum Gasteiger partial charge on any atom is 0.261 e. The number of para-hydroxylation sites is 1. The van der Waals surface area contributed by atoms with E-state index < -0.39 is 0 Å². The maximum absolute atomic E-state index is 12.5. The first kappa shape index (κ1) is 17.8. The Bertz CT molecular complexity index is 1220. The Morgan fingerprint density at radius 3 is 2.74 bits per heavy atom. The molecule has 0 aliphatic carbocycles. The van der Waals surface area contributed by atoms with Crippen molar-refractivity contribution in [1.29, 1.82) is 0 Å². The standard InChI is InChI=1S/C20H16ClN3O2S/c1-24-19(25)15-5-3-4-6-16(15)23-20(24)27-11-13-9-12-7-8-14(26-2)10-17(12)22-18(13)21/h3-10H,11H2,1-2H3. The maximum atomic E-state index is 12.5. The van der Waals surface area contributed by atoms with Crippen LogP contribution in [0.25, 0.3) is 21.8 Å². The molecule has 0 bridgehead atoms. The van der Waals surface area contributed by atoms with Gasteiger partial charge in [0, 0.05) is 29.8 Å². The van der Waals surface area contributed by atoms with E-state index in [1.165, 1.54) is 11.8 Å². The van der Waals surface area contributed by atoms with Crippen LogP contribution in [0.3, 0.4) is 0 Å². The molecule has 136 valence electrons. The second kappa shape index (κ2) is 7.21. The highest BCUT2D eigenvalue weighted by molar-refractivity contribution is 7.98. The molecule has 0 spiro atoms. The molecule has 4 aromatic rings. The number of aromatic nitrogens is 3. The Kier molecular flexibility index (Phi) is 4.76. The highest BCUT2D eigenvalue weighted by Crippen LogP contribution is 2.29. The van der Waals surface area contributed by atoms with Gasteiger partial charge in [-0.3, -0.25) is 9.36 Å². The number of methoxy groups -OCH3 is 1. The molecule has 27 heavy (non-hydrogen) atoms. The Morgan fingerprint density at radius 1 is 1.11 bits per heavy atom. The van der Waals surface area contributed by atoms with Crippen LogP contribution >= 0.6 is 23.4 Å². The van der Waals surface area contributed by atoms with Crippen molar-refractivity contribution in [2.75, 3.05) is 7.11 Å². The molecule has 0 amide bonds. The number of benzene rings is 2. The Labute approximate surface area is 165 Å². The van der Waals surface area contributed by atoms with Crippen LogP contribution in [0.5, 0.6) is 5.75 Å². The van der Waals surface area contributed by atoms with E-state index in [2.05, 4.69) is 9.97 Å². The summed E-state index contributed by atoms with van der Waals surface area (Å²) >= 11 is 7.84. The number of thioether (sulfide) groups is 1. The molecule has 7 heteroatoms. The lowest BCUT2D eigenvalue weighted by atomic mass is 10.1. The largest absolute Gasteiger partial charge is 0.497 e. The summed E-state index contributed by atoms with van der Waals surface area (Å²) < 4.78 is 6.80. The average Bonchev–Trinajstić information content (AvgIpc) is 2.69. The lowest BCUT2D eigenvalue weighted by Gasteiger charge is -2.10. The zero-order chi connectivity index (χ0) is 19.0. The van der Waals surface area contributed by atoms with Crippen molar-refractivity contribution in [2.24, 2.45) is 7.05 Å². The second-order valence-corrected chi connectivity index (χ2v) is 7.36. The third-order valence-electron chi connectivity index (χ3n) is 4.35. The number of halogens is 1. The number of ether oxygens (including phenoxy) is 1. The van der Waals surface area contributed by atoms with E-state index in [-0.39, 0.29) is 5.56 Å². The summed E-state index contributed by atoms with van der Waals surface area (Å²) in [5.41, 5.74) is 2.31. The number of rotatable bonds is 4. The lowest BCUT2D eigenvalue weighted by molar-refractivity contribution is 0.415. The van der Waals surface area contributed by atoms with Crippen LogP contribution in [0.1, 0.15) is 5.56 Å². The van der Waals surface area contributed by atoms with Crippen LogP contribution in [-0.2, 0) is 12.8 Å². The van der Waals surface area contributed by atoms with Gasteiger partial charge in [-0.1, -0.05) is 35.5 Å². The van der Waals surface area contributed by atoms with Crippen LogP contribution in [-0.4, -0.2) is 21.6 Å². The number of pyridine rings is 1. The molecule has 0 N–H and O–H groups in total.